The molecule has 0 spiro atoms. The lowest BCUT2D eigenvalue weighted by Crippen LogP contribution is -2.11. The molecular formula is C11H15O5S2-. The Balaban J connectivity index is 3.18. The summed E-state index contributed by atoms with van der Waals surface area (Å²) in [5.41, 5.74) is 1.03. The normalized spacial score (nSPS) is 13.5. The van der Waals surface area contributed by atoms with Gasteiger partial charge in [0.1, 0.15) is 0 Å². The van der Waals surface area contributed by atoms with Crippen molar-refractivity contribution in [3.05, 3.63) is 29.3 Å². The minimum absolute atomic E-state index is 0.0780. The predicted molar refractivity (Wildman–Crippen MR) is 67.2 cm³/mol. The van der Waals surface area contributed by atoms with E-state index >= 15 is 0 Å². The number of aryl methyl sites for hydroxylation is 1. The maximum Gasteiger partial charge on any atom is 0.297 e. The molecular weight excluding hydrogens is 276 g/mol. The topological polar surface area (TPSA) is 83.5 Å². The first-order valence-corrected chi connectivity index (χ1v) is 8.07. The van der Waals surface area contributed by atoms with Crippen LogP contribution in [0.2, 0.25) is 0 Å². The minimum Gasteiger partial charge on any atom is -0.772 e. The lowest BCUT2D eigenvalue weighted by Gasteiger charge is -2.12. The average molecular weight is 291 g/mol. The molecule has 0 saturated carbocycles. The molecule has 0 heterocycles. The van der Waals surface area contributed by atoms with Crippen molar-refractivity contribution in [2.24, 2.45) is 0 Å². The first-order valence-electron chi connectivity index (χ1n) is 5.41. The highest BCUT2D eigenvalue weighted by atomic mass is 32.2. The summed E-state index contributed by atoms with van der Waals surface area (Å²) < 4.78 is 50.0. The van der Waals surface area contributed by atoms with Crippen molar-refractivity contribution >= 4 is 21.2 Å². The van der Waals surface area contributed by atoms with E-state index in [1.54, 1.807) is 19.9 Å². The van der Waals surface area contributed by atoms with Gasteiger partial charge >= 0.3 is 0 Å². The summed E-state index contributed by atoms with van der Waals surface area (Å²) in [6, 6.07) is 4.53. The fourth-order valence-corrected chi connectivity index (χ4v) is 3.23. The smallest absolute Gasteiger partial charge is 0.297 e. The highest BCUT2D eigenvalue weighted by molar-refractivity contribution is 7.87. The molecule has 1 aromatic rings. The van der Waals surface area contributed by atoms with E-state index in [4.69, 9.17) is 4.18 Å². The fourth-order valence-electron chi connectivity index (χ4n) is 1.45. The van der Waals surface area contributed by atoms with Crippen molar-refractivity contribution in [3.8, 4) is 0 Å². The summed E-state index contributed by atoms with van der Waals surface area (Å²) in [5.74, 6) is -0.342. The molecule has 18 heavy (non-hydrogen) atoms. The second kappa shape index (κ2) is 6.42. The Labute approximate surface area is 110 Å². The molecule has 1 atom stereocenters. The standard InChI is InChI=1S/C11H16O5S2/c1-3-6-16-18(14,15)11-5-4-9(2)7-10(11)8-17(12)13/h4-5,7H,3,6,8H2,1-2H3,(H,12,13)/p-1. The third kappa shape index (κ3) is 4.16. The zero-order valence-electron chi connectivity index (χ0n) is 10.2. The summed E-state index contributed by atoms with van der Waals surface area (Å²) >= 11 is -2.35. The molecule has 0 amide bonds. The monoisotopic (exact) mass is 291 g/mol. The maximum absolute atomic E-state index is 11.9. The van der Waals surface area contributed by atoms with Gasteiger partial charge in [0.15, 0.2) is 0 Å². The van der Waals surface area contributed by atoms with Gasteiger partial charge in [0.2, 0.25) is 0 Å². The van der Waals surface area contributed by atoms with E-state index in [0.29, 0.717) is 6.42 Å². The molecule has 0 saturated heterocycles. The van der Waals surface area contributed by atoms with Crippen LogP contribution in [0, 0.1) is 6.92 Å². The van der Waals surface area contributed by atoms with Crippen LogP contribution in [0.3, 0.4) is 0 Å². The van der Waals surface area contributed by atoms with Gasteiger partial charge in [0.25, 0.3) is 10.1 Å². The SMILES string of the molecule is CCCOS(=O)(=O)c1ccc(C)cc1CS(=O)[O-]. The molecule has 0 aliphatic heterocycles. The van der Waals surface area contributed by atoms with Gasteiger partial charge in [0.05, 0.1) is 11.5 Å². The Morgan fingerprint density at radius 2 is 2.06 bits per heavy atom. The maximum atomic E-state index is 11.9. The number of hydrogen-bond donors (Lipinski definition) is 0. The molecule has 0 bridgehead atoms. The largest absolute Gasteiger partial charge is 0.772 e. The van der Waals surface area contributed by atoms with Crippen molar-refractivity contribution in [2.75, 3.05) is 6.61 Å². The molecule has 0 N–H and O–H groups in total. The van der Waals surface area contributed by atoms with E-state index < -0.39 is 21.2 Å². The van der Waals surface area contributed by atoms with Gasteiger partial charge in [-0.25, -0.2) is 0 Å². The van der Waals surface area contributed by atoms with Crippen LogP contribution in [0.15, 0.2) is 23.1 Å². The number of hydrogen-bond acceptors (Lipinski definition) is 5. The lowest BCUT2D eigenvalue weighted by molar-refractivity contribution is 0.318. The fraction of sp³-hybridized carbons (Fsp3) is 0.455. The minimum atomic E-state index is -3.89. The zero-order valence-corrected chi connectivity index (χ0v) is 11.8. The van der Waals surface area contributed by atoms with E-state index in [0.717, 1.165) is 5.56 Å². The van der Waals surface area contributed by atoms with Gasteiger partial charge in [0, 0.05) is 5.75 Å². The van der Waals surface area contributed by atoms with Crippen LogP contribution in [0.1, 0.15) is 24.5 Å². The number of benzene rings is 1. The molecule has 5 nitrogen and oxygen atoms in total. The summed E-state index contributed by atoms with van der Waals surface area (Å²) in [6.07, 6.45) is 0.563. The molecule has 0 aliphatic carbocycles. The molecule has 0 aromatic heterocycles. The number of rotatable bonds is 6. The van der Waals surface area contributed by atoms with Crippen LogP contribution in [-0.2, 0) is 31.1 Å². The molecule has 7 heteroatoms. The van der Waals surface area contributed by atoms with E-state index in [9.17, 15) is 17.2 Å². The van der Waals surface area contributed by atoms with Gasteiger partial charge in [-0.15, -0.1) is 0 Å². The molecule has 0 radical (unpaired) electrons. The predicted octanol–water partition coefficient (Wildman–Crippen LogP) is 1.49. The van der Waals surface area contributed by atoms with Gasteiger partial charge in [-0.05, 0) is 25.0 Å². The van der Waals surface area contributed by atoms with Crippen LogP contribution in [-0.4, -0.2) is 23.8 Å². The van der Waals surface area contributed by atoms with Crippen molar-refractivity contribution in [3.63, 3.8) is 0 Å². The highest BCUT2D eigenvalue weighted by Gasteiger charge is 2.19. The quantitative estimate of drug-likeness (QED) is 0.585. The highest BCUT2D eigenvalue weighted by Crippen LogP contribution is 2.21. The van der Waals surface area contributed by atoms with Gasteiger partial charge < -0.3 is 4.55 Å². The Kier molecular flexibility index (Phi) is 5.46. The van der Waals surface area contributed by atoms with Crippen molar-refractivity contribution in [2.45, 2.75) is 30.9 Å². The van der Waals surface area contributed by atoms with Crippen molar-refractivity contribution < 1.29 is 21.4 Å². The Morgan fingerprint density at radius 1 is 1.39 bits per heavy atom. The Hall–Kier alpha value is -0.760. The summed E-state index contributed by atoms with van der Waals surface area (Å²) in [4.78, 5) is -0.0780. The first-order chi connectivity index (χ1) is 8.36. The molecule has 0 fully saturated rings. The van der Waals surface area contributed by atoms with E-state index in [1.165, 1.54) is 12.1 Å². The summed E-state index contributed by atoms with van der Waals surface area (Å²) in [6.45, 7) is 3.63. The molecule has 1 rings (SSSR count). The Bertz CT molecular complexity index is 536. The van der Waals surface area contributed by atoms with Gasteiger partial charge in [-0.3, -0.25) is 8.39 Å². The van der Waals surface area contributed by atoms with E-state index in [-0.39, 0.29) is 22.8 Å². The van der Waals surface area contributed by atoms with Crippen molar-refractivity contribution in [1.82, 2.24) is 0 Å². The summed E-state index contributed by atoms with van der Waals surface area (Å²) in [7, 11) is -3.89. The first kappa shape index (κ1) is 15.3. The zero-order chi connectivity index (χ0) is 13.8. The third-order valence-corrected chi connectivity index (χ3v) is 4.16. The van der Waals surface area contributed by atoms with Crippen LogP contribution in [0.25, 0.3) is 0 Å². The van der Waals surface area contributed by atoms with Gasteiger partial charge in [-0.1, -0.05) is 35.7 Å². The molecule has 1 aromatic carbocycles. The Morgan fingerprint density at radius 3 is 2.61 bits per heavy atom. The molecule has 1 unspecified atom stereocenters. The average Bonchev–Trinajstić information content (AvgIpc) is 2.25. The lowest BCUT2D eigenvalue weighted by atomic mass is 10.2. The van der Waals surface area contributed by atoms with E-state index in [1.807, 2.05) is 0 Å². The van der Waals surface area contributed by atoms with Crippen LogP contribution in [0.5, 0.6) is 0 Å². The van der Waals surface area contributed by atoms with Crippen LogP contribution < -0.4 is 0 Å². The second-order valence-corrected chi connectivity index (χ2v) is 6.32. The van der Waals surface area contributed by atoms with E-state index in [2.05, 4.69) is 0 Å². The van der Waals surface area contributed by atoms with Gasteiger partial charge in [-0.2, -0.15) is 8.42 Å². The van der Waals surface area contributed by atoms with Crippen LogP contribution in [0.4, 0.5) is 0 Å². The van der Waals surface area contributed by atoms with Crippen LogP contribution >= 0.6 is 0 Å². The second-order valence-electron chi connectivity index (χ2n) is 3.84. The third-order valence-electron chi connectivity index (χ3n) is 2.20. The van der Waals surface area contributed by atoms with Crippen molar-refractivity contribution in [1.29, 1.82) is 0 Å². The summed E-state index contributed by atoms with van der Waals surface area (Å²) in [5, 5.41) is 0. The molecule has 0 aliphatic rings. The molecule has 102 valence electrons.